The van der Waals surface area contributed by atoms with Gasteiger partial charge in [0.25, 0.3) is 0 Å². The maximum absolute atomic E-state index is 10.7. The first-order valence-electron chi connectivity index (χ1n) is 6.98. The van der Waals surface area contributed by atoms with Crippen molar-refractivity contribution in [2.45, 2.75) is 52.7 Å². The highest BCUT2D eigenvalue weighted by molar-refractivity contribution is 5.39. The van der Waals surface area contributed by atoms with Gasteiger partial charge in [0.1, 0.15) is 0 Å². The van der Waals surface area contributed by atoms with Crippen molar-refractivity contribution < 1.29 is 5.11 Å². The van der Waals surface area contributed by atoms with Crippen molar-refractivity contribution in [3.63, 3.8) is 0 Å². The van der Waals surface area contributed by atoms with Crippen LogP contribution in [-0.4, -0.2) is 17.7 Å². The number of aliphatic hydroxyl groups is 1. The molecule has 2 nitrogen and oxygen atoms in total. The quantitative estimate of drug-likeness (QED) is 0.842. The third-order valence-corrected chi connectivity index (χ3v) is 4.11. The Kier molecular flexibility index (Phi) is 4.08. The van der Waals surface area contributed by atoms with E-state index in [2.05, 4.69) is 45.1 Å². The summed E-state index contributed by atoms with van der Waals surface area (Å²) in [4.78, 5) is 0. The smallest absolute Gasteiger partial charge is 0.0948 e. The first-order chi connectivity index (χ1) is 8.49. The normalized spacial score (nSPS) is 26.1. The van der Waals surface area contributed by atoms with Gasteiger partial charge in [-0.15, -0.1) is 0 Å². The fourth-order valence-corrected chi connectivity index (χ4v) is 3.25. The minimum atomic E-state index is -0.381. The number of piperidine rings is 1. The minimum absolute atomic E-state index is 0.203. The van der Waals surface area contributed by atoms with Gasteiger partial charge in [0.05, 0.1) is 6.10 Å². The van der Waals surface area contributed by atoms with E-state index in [9.17, 15) is 5.11 Å². The van der Waals surface area contributed by atoms with Gasteiger partial charge in [-0.25, -0.2) is 0 Å². The molecule has 1 heterocycles. The molecule has 3 unspecified atom stereocenters. The molecule has 18 heavy (non-hydrogen) atoms. The van der Waals surface area contributed by atoms with Crippen LogP contribution in [0.15, 0.2) is 12.1 Å². The molecular formula is C16H25NO. The van der Waals surface area contributed by atoms with Gasteiger partial charge in [-0.2, -0.15) is 0 Å². The van der Waals surface area contributed by atoms with Gasteiger partial charge >= 0.3 is 0 Å². The van der Waals surface area contributed by atoms with Crippen molar-refractivity contribution in [1.29, 1.82) is 0 Å². The molecule has 2 N–H and O–H groups in total. The highest BCUT2D eigenvalue weighted by Crippen LogP contribution is 2.30. The van der Waals surface area contributed by atoms with Gasteiger partial charge in [0, 0.05) is 6.04 Å². The highest BCUT2D eigenvalue weighted by atomic mass is 16.3. The lowest BCUT2D eigenvalue weighted by molar-refractivity contribution is 0.100. The summed E-state index contributed by atoms with van der Waals surface area (Å²) in [5.74, 6) is 0.706. The van der Waals surface area contributed by atoms with Crippen molar-refractivity contribution in [2.24, 2.45) is 5.92 Å². The lowest BCUT2D eigenvalue weighted by atomic mass is 9.85. The van der Waals surface area contributed by atoms with Crippen molar-refractivity contribution in [1.82, 2.24) is 5.32 Å². The Morgan fingerprint density at radius 3 is 2.39 bits per heavy atom. The van der Waals surface area contributed by atoms with E-state index in [1.807, 2.05) is 0 Å². The van der Waals surface area contributed by atoms with E-state index in [1.165, 1.54) is 23.1 Å². The second kappa shape index (κ2) is 5.41. The molecule has 0 radical (unpaired) electrons. The van der Waals surface area contributed by atoms with Crippen LogP contribution in [0, 0.1) is 26.7 Å². The zero-order valence-electron chi connectivity index (χ0n) is 12.0. The number of nitrogens with one attached hydrogen (secondary N) is 1. The lowest BCUT2D eigenvalue weighted by Crippen LogP contribution is -2.41. The first kappa shape index (κ1) is 13.6. The Balaban J connectivity index is 2.25. The van der Waals surface area contributed by atoms with E-state index in [1.54, 1.807) is 0 Å². The van der Waals surface area contributed by atoms with Crippen molar-refractivity contribution in [3.05, 3.63) is 34.4 Å². The summed E-state index contributed by atoms with van der Waals surface area (Å²) < 4.78 is 0. The van der Waals surface area contributed by atoms with Gasteiger partial charge in [-0.3, -0.25) is 0 Å². The number of benzene rings is 1. The van der Waals surface area contributed by atoms with E-state index >= 15 is 0 Å². The van der Waals surface area contributed by atoms with Crippen LogP contribution in [0.25, 0.3) is 0 Å². The maximum Gasteiger partial charge on any atom is 0.0948 e. The fourth-order valence-electron chi connectivity index (χ4n) is 3.25. The minimum Gasteiger partial charge on any atom is -0.387 e. The van der Waals surface area contributed by atoms with Crippen LogP contribution in [0.1, 0.15) is 48.1 Å². The van der Waals surface area contributed by atoms with Crippen LogP contribution in [0.5, 0.6) is 0 Å². The van der Waals surface area contributed by atoms with Crippen LogP contribution in [0.3, 0.4) is 0 Å². The average Bonchev–Trinajstić information content (AvgIpc) is 2.27. The molecule has 0 bridgehead atoms. The third-order valence-electron chi connectivity index (χ3n) is 4.11. The standard InChI is InChI=1S/C16H25NO/c1-10-5-6-17-14(9-10)16(18)15-12(3)7-11(2)8-13(15)4/h7-8,10,14,16-18H,5-6,9H2,1-4H3. The highest BCUT2D eigenvalue weighted by Gasteiger charge is 2.27. The van der Waals surface area contributed by atoms with E-state index in [-0.39, 0.29) is 12.1 Å². The molecule has 1 saturated heterocycles. The molecule has 2 heteroatoms. The summed E-state index contributed by atoms with van der Waals surface area (Å²) in [6, 6.07) is 4.53. The molecule has 2 rings (SSSR count). The molecule has 1 aliphatic rings. The number of hydrogen-bond donors (Lipinski definition) is 2. The van der Waals surface area contributed by atoms with E-state index in [0.29, 0.717) is 5.92 Å². The van der Waals surface area contributed by atoms with Crippen LogP contribution in [0.2, 0.25) is 0 Å². The predicted molar refractivity (Wildman–Crippen MR) is 75.8 cm³/mol. The van der Waals surface area contributed by atoms with Gasteiger partial charge in [0.15, 0.2) is 0 Å². The summed E-state index contributed by atoms with van der Waals surface area (Å²) in [5, 5.41) is 14.1. The summed E-state index contributed by atoms with van der Waals surface area (Å²) >= 11 is 0. The van der Waals surface area contributed by atoms with Gasteiger partial charge in [-0.1, -0.05) is 24.6 Å². The average molecular weight is 247 g/mol. The molecule has 0 saturated carbocycles. The summed E-state index contributed by atoms with van der Waals surface area (Å²) in [5.41, 5.74) is 4.80. The number of aryl methyl sites for hydroxylation is 3. The molecule has 1 aromatic carbocycles. The zero-order chi connectivity index (χ0) is 13.3. The molecule has 0 amide bonds. The second-order valence-electron chi connectivity index (χ2n) is 5.95. The predicted octanol–water partition coefficient (Wildman–Crippen LogP) is 3.03. The Morgan fingerprint density at radius 1 is 1.22 bits per heavy atom. The van der Waals surface area contributed by atoms with E-state index in [4.69, 9.17) is 0 Å². The van der Waals surface area contributed by atoms with Gasteiger partial charge < -0.3 is 10.4 Å². The van der Waals surface area contributed by atoms with Crippen LogP contribution in [-0.2, 0) is 0 Å². The zero-order valence-corrected chi connectivity index (χ0v) is 12.0. The van der Waals surface area contributed by atoms with E-state index in [0.717, 1.165) is 18.5 Å². The largest absolute Gasteiger partial charge is 0.387 e. The summed E-state index contributed by atoms with van der Waals surface area (Å²) in [6.07, 6.45) is 1.90. The van der Waals surface area contributed by atoms with Crippen molar-refractivity contribution in [2.75, 3.05) is 6.54 Å². The van der Waals surface area contributed by atoms with Crippen LogP contribution in [0.4, 0.5) is 0 Å². The van der Waals surface area contributed by atoms with Crippen molar-refractivity contribution in [3.8, 4) is 0 Å². The molecule has 1 aliphatic heterocycles. The van der Waals surface area contributed by atoms with E-state index < -0.39 is 0 Å². The van der Waals surface area contributed by atoms with Crippen LogP contribution >= 0.6 is 0 Å². The fraction of sp³-hybridized carbons (Fsp3) is 0.625. The molecule has 1 fully saturated rings. The topological polar surface area (TPSA) is 32.3 Å². The number of aliphatic hydroxyl groups excluding tert-OH is 1. The van der Waals surface area contributed by atoms with Gasteiger partial charge in [0.2, 0.25) is 0 Å². The molecule has 0 aliphatic carbocycles. The van der Waals surface area contributed by atoms with Crippen LogP contribution < -0.4 is 5.32 Å². The molecule has 1 aromatic rings. The first-order valence-corrected chi connectivity index (χ1v) is 6.98. The molecular weight excluding hydrogens is 222 g/mol. The maximum atomic E-state index is 10.7. The lowest BCUT2D eigenvalue weighted by Gasteiger charge is -2.33. The monoisotopic (exact) mass is 247 g/mol. The summed E-state index contributed by atoms with van der Waals surface area (Å²) in [7, 11) is 0. The molecule has 0 spiro atoms. The molecule has 0 aromatic heterocycles. The second-order valence-corrected chi connectivity index (χ2v) is 5.95. The Labute approximate surface area is 110 Å². The third kappa shape index (κ3) is 2.76. The summed E-state index contributed by atoms with van der Waals surface area (Å²) in [6.45, 7) is 9.61. The number of rotatable bonds is 2. The molecule has 100 valence electrons. The SMILES string of the molecule is Cc1cc(C)c(C(O)C2CC(C)CCN2)c(C)c1. The Hall–Kier alpha value is -0.860. The Morgan fingerprint density at radius 2 is 1.83 bits per heavy atom. The molecule has 3 atom stereocenters. The van der Waals surface area contributed by atoms with Crippen molar-refractivity contribution >= 4 is 0 Å². The van der Waals surface area contributed by atoms with Gasteiger partial charge in [-0.05, 0) is 62.8 Å². The Bertz CT molecular complexity index is 404. The number of hydrogen-bond acceptors (Lipinski definition) is 2.